The van der Waals surface area contributed by atoms with E-state index >= 15 is 0 Å². The molecule has 33 heavy (non-hydrogen) atoms. The number of rotatable bonds is 8. The van der Waals surface area contributed by atoms with Gasteiger partial charge in [-0.15, -0.1) is 0 Å². The molecule has 1 amide bonds. The van der Waals surface area contributed by atoms with Gasteiger partial charge in [0.15, 0.2) is 14.6 Å². The Balaban J connectivity index is 1.53. The van der Waals surface area contributed by atoms with Crippen LogP contribution in [0.3, 0.4) is 0 Å². The second-order valence-electron chi connectivity index (χ2n) is 7.84. The number of benzene rings is 1. The Hall–Kier alpha value is -2.67. The predicted octanol–water partition coefficient (Wildman–Crippen LogP) is 2.75. The van der Waals surface area contributed by atoms with Gasteiger partial charge in [-0.1, -0.05) is 18.2 Å². The van der Waals surface area contributed by atoms with Crippen molar-refractivity contribution in [3.63, 3.8) is 0 Å². The van der Waals surface area contributed by atoms with Crippen molar-refractivity contribution in [1.29, 1.82) is 5.26 Å². The van der Waals surface area contributed by atoms with Gasteiger partial charge < -0.3 is 23.8 Å². The van der Waals surface area contributed by atoms with Gasteiger partial charge in [0, 0.05) is 25.4 Å². The topological polar surface area (TPSA) is 125 Å². The third kappa shape index (κ3) is 4.83. The minimum atomic E-state index is -1.34. The molecule has 10 nitrogen and oxygen atoms in total. The highest BCUT2D eigenvalue weighted by Crippen LogP contribution is 2.51. The van der Waals surface area contributed by atoms with Gasteiger partial charge in [-0.05, 0) is 26.0 Å². The number of hydrogen-bond acceptors (Lipinski definition) is 8. The zero-order valence-corrected chi connectivity index (χ0v) is 19.2. The molecule has 1 aromatic heterocycles. The largest absolute Gasteiger partial charge is 0.368 e. The highest BCUT2D eigenvalue weighted by atomic mass is 31.2. The predicted molar refractivity (Wildman–Crippen MR) is 120 cm³/mol. The average Bonchev–Trinajstić information content (AvgIpc) is 3.33. The van der Waals surface area contributed by atoms with Crippen LogP contribution in [0.2, 0.25) is 0 Å². The molecule has 1 aromatic carbocycles. The molecule has 0 radical (unpaired) electrons. The second kappa shape index (κ2) is 9.67. The number of aromatic nitrogens is 2. The van der Waals surface area contributed by atoms with Crippen LogP contribution in [0, 0.1) is 18.3 Å². The van der Waals surface area contributed by atoms with Crippen molar-refractivity contribution in [2.45, 2.75) is 44.3 Å². The Morgan fingerprint density at radius 2 is 2.27 bits per heavy atom. The lowest BCUT2D eigenvalue weighted by Gasteiger charge is -2.28. The van der Waals surface area contributed by atoms with Crippen molar-refractivity contribution < 1.29 is 24.7 Å². The van der Waals surface area contributed by atoms with Crippen molar-refractivity contribution in [1.82, 2.24) is 9.55 Å². The number of nitrogens with one attached hydrogen (secondary N) is 1. The normalized spacial score (nSPS) is 27.1. The van der Waals surface area contributed by atoms with E-state index in [-0.39, 0.29) is 38.3 Å². The van der Waals surface area contributed by atoms with Crippen LogP contribution in [0.25, 0.3) is 0 Å². The first kappa shape index (κ1) is 22.1. The molecule has 2 bridgehead atoms. The van der Waals surface area contributed by atoms with Gasteiger partial charge in [-0.2, -0.15) is 10.2 Å². The molecule has 0 spiro atoms. The van der Waals surface area contributed by atoms with Crippen LogP contribution in [0.5, 0.6) is 0 Å². The van der Waals surface area contributed by atoms with Crippen molar-refractivity contribution in [2.24, 2.45) is 0 Å². The minimum absolute atomic E-state index is 0.127. The van der Waals surface area contributed by atoms with E-state index in [0.717, 1.165) is 0 Å². The molecule has 3 heterocycles. The Morgan fingerprint density at radius 3 is 3.00 bits per heavy atom. The van der Waals surface area contributed by atoms with Crippen LogP contribution in [0.4, 0.5) is 5.82 Å². The third-order valence-corrected chi connectivity index (χ3v) is 6.47. The maximum atomic E-state index is 12.9. The summed E-state index contributed by atoms with van der Waals surface area (Å²) >= 11 is 0. The number of nitriles is 1. The monoisotopic (exact) mass is 473 g/mol. The summed E-state index contributed by atoms with van der Waals surface area (Å²) in [6.45, 7) is 3.77. The zero-order chi connectivity index (χ0) is 24.3. The van der Waals surface area contributed by atoms with Gasteiger partial charge in [-0.3, -0.25) is 9.36 Å². The number of nitrogens with zero attached hydrogens (tertiary/aromatic N) is 3. The Labute approximate surface area is 193 Å². The van der Waals surface area contributed by atoms with Crippen LogP contribution >= 0.6 is 8.38 Å². The summed E-state index contributed by atoms with van der Waals surface area (Å²) < 4.78 is 33.0. The van der Waals surface area contributed by atoms with Gasteiger partial charge in [0.05, 0.1) is 25.7 Å². The smallest absolute Gasteiger partial charge is 0.351 e. The van der Waals surface area contributed by atoms with E-state index in [1.54, 1.807) is 50.1 Å². The molecule has 0 saturated carbocycles. The second-order valence-corrected chi connectivity index (χ2v) is 9.19. The van der Waals surface area contributed by atoms with E-state index in [0.29, 0.717) is 11.1 Å². The molecule has 1 unspecified atom stereocenters. The van der Waals surface area contributed by atoms with E-state index in [9.17, 15) is 9.59 Å². The van der Waals surface area contributed by atoms with Gasteiger partial charge in [0.1, 0.15) is 23.6 Å². The van der Waals surface area contributed by atoms with Crippen LogP contribution in [0.15, 0.2) is 41.3 Å². The van der Waals surface area contributed by atoms with Crippen molar-refractivity contribution in [3.8, 4) is 6.07 Å². The molecule has 1 N–H and O–H groups in total. The van der Waals surface area contributed by atoms with Crippen molar-refractivity contribution >= 4 is 20.1 Å². The first-order valence-corrected chi connectivity index (χ1v) is 12.0. The Bertz CT molecular complexity index is 1140. The quantitative estimate of drug-likeness (QED) is 0.458. The molecule has 11 heteroatoms. The number of fused-ring (bicyclic) bond motifs is 2. The highest BCUT2D eigenvalue weighted by Gasteiger charge is 2.61. The maximum Gasteiger partial charge on any atom is 0.351 e. The molecule has 4 rings (SSSR count). The molecule has 2 fully saturated rings. The molecule has 2 aliphatic rings. The molecule has 2 aromatic rings. The van der Waals surface area contributed by atoms with Crippen LogP contribution in [0.1, 0.15) is 36.8 Å². The van der Waals surface area contributed by atoms with E-state index in [1.165, 1.54) is 4.57 Å². The maximum absolute atomic E-state index is 12.9. The molecule has 2 aliphatic heterocycles. The first-order valence-electron chi connectivity index (χ1n) is 11.0. The third-order valence-electron chi connectivity index (χ3n) is 5.40. The molecule has 5 atom stereocenters. The lowest BCUT2D eigenvalue weighted by Crippen LogP contribution is -2.39. The fraction of sp³-hybridized carbons (Fsp3) is 0.455. The zero-order valence-electron chi connectivity index (χ0n) is 19.3. The fourth-order valence-electron chi connectivity index (χ4n) is 3.77. The number of amides is 1. The van der Waals surface area contributed by atoms with Crippen molar-refractivity contribution in [3.05, 3.63) is 58.1 Å². The van der Waals surface area contributed by atoms with Crippen LogP contribution in [-0.4, -0.2) is 53.1 Å². The van der Waals surface area contributed by atoms with Gasteiger partial charge in [-0.25, -0.2) is 4.79 Å². The number of hydrogen-bond donors (Lipinski definition) is 1. The molecule has 2 saturated heterocycles. The summed E-state index contributed by atoms with van der Waals surface area (Å²) in [4.78, 5) is 29.4. The highest BCUT2D eigenvalue weighted by molar-refractivity contribution is 7.46. The number of ether oxygens (including phenoxy) is 2. The number of aryl methyl sites for hydroxylation is 1. The average molecular weight is 473 g/mol. The molecule has 174 valence electrons. The Kier molecular flexibility index (Phi) is 6.49. The van der Waals surface area contributed by atoms with Gasteiger partial charge in [0.25, 0.3) is 5.91 Å². The SMILES string of the molecule is [2H]C[C@@]12CO[C@@H]([C@H](n3cc(C)c(NC(=O)c4ccccc4)nc3=O)O1)[C@@H]2OP(C)OCCC#N. The number of carbonyl (C=O) groups excluding carboxylic acids is 1. The molecular weight excluding hydrogens is 447 g/mol. The minimum Gasteiger partial charge on any atom is -0.368 e. The van der Waals surface area contributed by atoms with E-state index in [4.69, 9.17) is 25.2 Å². The molecule has 0 aliphatic carbocycles. The summed E-state index contributed by atoms with van der Waals surface area (Å²) in [7, 11) is -1.34. The van der Waals surface area contributed by atoms with E-state index in [2.05, 4.69) is 10.3 Å². The fourth-order valence-corrected chi connectivity index (χ4v) is 4.81. The Morgan fingerprint density at radius 1 is 1.48 bits per heavy atom. The number of carbonyl (C=O) groups is 1. The summed E-state index contributed by atoms with van der Waals surface area (Å²) in [6, 6.07) is 10.6. The van der Waals surface area contributed by atoms with Crippen LogP contribution in [-0.2, 0) is 18.5 Å². The van der Waals surface area contributed by atoms with Gasteiger partial charge >= 0.3 is 5.69 Å². The van der Waals surface area contributed by atoms with E-state index in [1.807, 2.05) is 6.07 Å². The summed E-state index contributed by atoms with van der Waals surface area (Å²) in [5.41, 5.74) is -0.663. The standard InChI is InChI=1S/C22H25N4O6P/c1-14-12-26(21(28)25-18(14)24-19(27)15-8-5-4-6-9-15)20-16-17(22(2,31-20)13-29-16)32-33(3)30-11-7-10-23/h4-6,8-9,12,16-17,20H,7,11,13H2,1-3H3,(H,24,25,27,28)/t16-,17+,20-,22+,33?/m1/s1/i2D. The number of anilines is 1. The van der Waals surface area contributed by atoms with Crippen molar-refractivity contribution in [2.75, 3.05) is 25.2 Å². The van der Waals surface area contributed by atoms with E-state index < -0.39 is 38.1 Å². The lowest BCUT2D eigenvalue weighted by atomic mass is 10.0. The first-order chi connectivity index (χ1) is 16.4. The molecular formula is C22H25N4O6P. The lowest BCUT2D eigenvalue weighted by molar-refractivity contribution is -0.167. The summed E-state index contributed by atoms with van der Waals surface area (Å²) in [6.07, 6.45) is -0.297. The summed E-state index contributed by atoms with van der Waals surface area (Å²) in [5, 5.41) is 11.4. The summed E-state index contributed by atoms with van der Waals surface area (Å²) in [5.74, 6) is -0.215. The van der Waals surface area contributed by atoms with Gasteiger partial charge in [0.2, 0.25) is 0 Å². The van der Waals surface area contributed by atoms with Crippen LogP contribution < -0.4 is 11.0 Å².